The molecule has 1 aromatic rings. The first-order valence-electron chi connectivity index (χ1n) is 8.44. The van der Waals surface area contributed by atoms with Crippen molar-refractivity contribution < 1.29 is 4.74 Å². The van der Waals surface area contributed by atoms with Crippen LogP contribution in [0.15, 0.2) is 40.9 Å². The highest BCUT2D eigenvalue weighted by atomic mass is 28.3. The molecule has 23 heavy (non-hydrogen) atoms. The van der Waals surface area contributed by atoms with Crippen molar-refractivity contribution in [1.29, 1.82) is 0 Å². The molecule has 1 aromatic carbocycles. The molecule has 0 heterocycles. The molecule has 0 aromatic heterocycles. The maximum atomic E-state index is 5.34. The summed E-state index contributed by atoms with van der Waals surface area (Å²) in [5.41, 5.74) is 2.55. The lowest BCUT2D eigenvalue weighted by Crippen LogP contribution is -2.25. The van der Waals surface area contributed by atoms with E-state index in [1.807, 2.05) is 30.5 Å². The van der Waals surface area contributed by atoms with E-state index in [1.165, 1.54) is 12.1 Å². The summed E-state index contributed by atoms with van der Waals surface area (Å²) in [5.74, 6) is 0.831. The number of nitrogens with zero attached hydrogens (tertiary/aromatic N) is 1. The fraction of sp³-hybridized carbons (Fsp3) is 0.526. The minimum Gasteiger partial charge on any atom is -0.494 e. The predicted molar refractivity (Wildman–Crippen MR) is 110 cm³/mol. The number of hydrogen-bond acceptors (Lipinski definition) is 2. The van der Waals surface area contributed by atoms with Gasteiger partial charge in [-0.1, -0.05) is 63.1 Å². The van der Waals surface area contributed by atoms with Gasteiger partial charge in [-0.25, -0.2) is 0 Å². The lowest BCUT2D eigenvalue weighted by molar-refractivity contribution is 0.416. The summed E-state index contributed by atoms with van der Waals surface area (Å²) < 4.78 is 5.34. The van der Waals surface area contributed by atoms with Crippen LogP contribution in [-0.4, -0.2) is 29.5 Å². The number of ether oxygens (including phenoxy) is 1. The normalized spacial score (nSPS) is 12.5. The van der Waals surface area contributed by atoms with Crippen LogP contribution in [0.5, 0.6) is 5.75 Å². The van der Waals surface area contributed by atoms with Crippen molar-refractivity contribution in [3.8, 4) is 5.75 Å². The Morgan fingerprint density at radius 3 is 2.09 bits per heavy atom. The molecule has 4 heteroatoms. The molecule has 0 amide bonds. The third-order valence-corrected chi connectivity index (χ3v) is 6.37. The summed E-state index contributed by atoms with van der Waals surface area (Å²) in [5, 5.41) is 0. The molecule has 0 aliphatic heterocycles. The summed E-state index contributed by atoms with van der Waals surface area (Å²) in [7, 11) is -0.450. The molecule has 0 aliphatic carbocycles. The smallest absolute Gasteiger partial charge is 0.144 e. The first kappa shape index (κ1) is 19.9. The second-order valence-corrected chi connectivity index (χ2v) is 19.5. The van der Waals surface area contributed by atoms with Gasteiger partial charge in [0, 0.05) is 28.8 Å². The molecule has 0 unspecified atom stereocenters. The Bertz CT molecular complexity index is 533. The third-order valence-electron chi connectivity index (χ3n) is 3.34. The maximum absolute atomic E-state index is 5.34. The van der Waals surface area contributed by atoms with Crippen LogP contribution < -0.4 is 4.74 Å². The van der Waals surface area contributed by atoms with Crippen molar-refractivity contribution in [3.63, 3.8) is 0 Å². The number of aliphatic imine (C=N–C) groups is 1. The molecule has 0 saturated carbocycles. The first-order valence-corrected chi connectivity index (χ1v) is 15.9. The van der Waals surface area contributed by atoms with Crippen molar-refractivity contribution in [3.05, 3.63) is 35.9 Å². The molecule has 0 bridgehead atoms. The molecule has 2 nitrogen and oxygen atoms in total. The number of benzene rings is 1. The van der Waals surface area contributed by atoms with Crippen LogP contribution in [0.2, 0.25) is 51.4 Å². The van der Waals surface area contributed by atoms with Crippen LogP contribution in [0.4, 0.5) is 5.69 Å². The van der Waals surface area contributed by atoms with E-state index in [1.54, 1.807) is 12.7 Å². The molecular weight excluding hydrogens is 314 g/mol. The van der Waals surface area contributed by atoms with Gasteiger partial charge in [-0.2, -0.15) is 0 Å². The highest BCUT2D eigenvalue weighted by Crippen LogP contribution is 2.27. The second kappa shape index (κ2) is 8.64. The zero-order valence-corrected chi connectivity index (χ0v) is 17.9. The zero-order valence-electron chi connectivity index (χ0n) is 15.9. The van der Waals surface area contributed by atoms with Crippen molar-refractivity contribution in [2.75, 3.05) is 7.11 Å². The Kier molecular flexibility index (Phi) is 7.48. The van der Waals surface area contributed by atoms with Gasteiger partial charge in [-0.15, -0.1) is 0 Å². The van der Waals surface area contributed by atoms with Gasteiger partial charge in [0.2, 0.25) is 0 Å². The van der Waals surface area contributed by atoms with Gasteiger partial charge < -0.3 is 4.74 Å². The third kappa shape index (κ3) is 8.91. The van der Waals surface area contributed by atoms with Gasteiger partial charge in [-0.05, 0) is 24.2 Å². The van der Waals surface area contributed by atoms with Gasteiger partial charge >= 0.3 is 0 Å². The maximum Gasteiger partial charge on any atom is 0.144 e. The number of rotatable bonds is 8. The minimum absolute atomic E-state index is 0.831. The van der Waals surface area contributed by atoms with Crippen LogP contribution >= 0.6 is 0 Å². The van der Waals surface area contributed by atoms with Crippen LogP contribution in [0.3, 0.4) is 0 Å². The molecule has 1 rings (SSSR count). The molecule has 0 atom stereocenters. The van der Waals surface area contributed by atoms with Crippen LogP contribution in [0, 0.1) is 0 Å². The van der Waals surface area contributed by atoms with Crippen LogP contribution in [0.25, 0.3) is 0 Å². The summed E-state index contributed by atoms with van der Waals surface area (Å²) in [6, 6.07) is 10.5. The molecule has 128 valence electrons. The minimum atomic E-state index is -1.07. The Labute approximate surface area is 144 Å². The molecule has 0 N–H and O–H groups in total. The quantitative estimate of drug-likeness (QED) is 0.303. The van der Waals surface area contributed by atoms with Crippen LogP contribution in [0.1, 0.15) is 6.42 Å². The van der Waals surface area contributed by atoms with E-state index in [4.69, 9.17) is 4.74 Å². The Hall–Kier alpha value is -1.14. The fourth-order valence-electron chi connectivity index (χ4n) is 2.68. The fourth-order valence-corrected chi connectivity index (χ4v) is 6.19. The monoisotopic (exact) mass is 347 g/mol. The van der Waals surface area contributed by atoms with Crippen LogP contribution in [-0.2, 0) is 0 Å². The summed E-state index contributed by atoms with van der Waals surface area (Å²) in [6.07, 6.45) is 5.32. The summed E-state index contributed by atoms with van der Waals surface area (Å²) in [6.45, 7) is 14.7. The second-order valence-electron chi connectivity index (χ2n) is 8.56. The first-order chi connectivity index (χ1) is 10.6. The van der Waals surface area contributed by atoms with E-state index in [9.17, 15) is 0 Å². The van der Waals surface area contributed by atoms with E-state index in [-0.39, 0.29) is 0 Å². The van der Waals surface area contributed by atoms with E-state index in [0.29, 0.717) is 0 Å². The summed E-state index contributed by atoms with van der Waals surface area (Å²) in [4.78, 5) is 4.57. The van der Waals surface area contributed by atoms with Gasteiger partial charge in [0.1, 0.15) is 11.4 Å². The molecule has 0 fully saturated rings. The Morgan fingerprint density at radius 2 is 1.57 bits per heavy atom. The van der Waals surface area contributed by atoms with Gasteiger partial charge in [0.05, 0.1) is 7.11 Å². The molecule has 0 radical (unpaired) electrons. The van der Waals surface area contributed by atoms with Gasteiger partial charge in [0.15, 0.2) is 0 Å². The highest BCUT2D eigenvalue weighted by Gasteiger charge is 2.20. The standard InChI is InChI=1S/C19H33NOSi2/c1-21-19-13-9-8-12-18(19)20-14-10-11-17(15-22(2,3)4)16-23(5,6)7/h8-9,11-14H,10,15-16H2,1-7H3. The molecule has 0 spiro atoms. The highest BCUT2D eigenvalue weighted by molar-refractivity contribution is 6.78. The SMILES string of the molecule is COc1ccccc1N=CCC=C(C[Si](C)(C)C)C[Si](C)(C)C. The van der Waals surface area contributed by atoms with Gasteiger partial charge in [0.25, 0.3) is 0 Å². The molecule has 0 saturated heterocycles. The molecule has 0 aliphatic rings. The topological polar surface area (TPSA) is 21.6 Å². The average molecular weight is 348 g/mol. The van der Waals surface area contributed by atoms with E-state index in [2.05, 4.69) is 50.4 Å². The zero-order chi connectivity index (χ0) is 17.5. The predicted octanol–water partition coefficient (Wildman–Crippen LogP) is 6.39. The van der Waals surface area contributed by atoms with E-state index >= 15 is 0 Å². The van der Waals surface area contributed by atoms with E-state index < -0.39 is 16.1 Å². The largest absolute Gasteiger partial charge is 0.494 e. The number of para-hydroxylation sites is 2. The number of methoxy groups -OCH3 is 1. The lowest BCUT2D eigenvalue weighted by atomic mass is 10.2. The van der Waals surface area contributed by atoms with Crippen molar-refractivity contribution in [2.24, 2.45) is 4.99 Å². The number of hydrogen-bond donors (Lipinski definition) is 0. The number of allylic oxidation sites excluding steroid dienone is 2. The Morgan fingerprint density at radius 1 is 1.00 bits per heavy atom. The summed E-state index contributed by atoms with van der Waals surface area (Å²) >= 11 is 0. The van der Waals surface area contributed by atoms with Gasteiger partial charge in [-0.3, -0.25) is 4.99 Å². The van der Waals surface area contributed by atoms with Crippen molar-refractivity contribution in [2.45, 2.75) is 57.8 Å². The van der Waals surface area contributed by atoms with Crippen molar-refractivity contribution in [1.82, 2.24) is 0 Å². The Balaban J connectivity index is 2.78. The lowest BCUT2D eigenvalue weighted by Gasteiger charge is -2.23. The average Bonchev–Trinajstić information content (AvgIpc) is 2.40. The van der Waals surface area contributed by atoms with Crippen molar-refractivity contribution >= 4 is 28.0 Å². The van der Waals surface area contributed by atoms with E-state index in [0.717, 1.165) is 17.9 Å². The molecular formula is C19H33NOSi2.